The van der Waals surface area contributed by atoms with E-state index in [-0.39, 0.29) is 5.92 Å². The van der Waals surface area contributed by atoms with Gasteiger partial charge in [-0.05, 0) is 106 Å². The van der Waals surface area contributed by atoms with Crippen molar-refractivity contribution < 1.29 is 0 Å². The highest BCUT2D eigenvalue weighted by atomic mass is 32.1. The van der Waals surface area contributed by atoms with Crippen LogP contribution >= 0.6 is 11.3 Å². The Balaban J connectivity index is 1.01. The van der Waals surface area contributed by atoms with Gasteiger partial charge in [0.25, 0.3) is 0 Å². The number of allylic oxidation sites excluding steroid dienone is 1. The molecule has 0 amide bonds. The molecular weight excluding hydrogens is 709 g/mol. The molecule has 57 heavy (non-hydrogen) atoms. The zero-order valence-corrected chi connectivity index (χ0v) is 32.0. The summed E-state index contributed by atoms with van der Waals surface area (Å²) in [4.78, 5) is 2.48. The first-order valence-corrected chi connectivity index (χ1v) is 20.6. The van der Waals surface area contributed by atoms with Crippen molar-refractivity contribution >= 4 is 59.9 Å². The number of fused-ring (bicyclic) bond motifs is 9. The number of hydrogen-bond acceptors (Lipinski definition) is 2. The minimum atomic E-state index is 0.273. The summed E-state index contributed by atoms with van der Waals surface area (Å²) in [5.41, 5.74) is 17.8. The molecule has 8 aromatic carbocycles. The van der Waals surface area contributed by atoms with E-state index in [0.717, 1.165) is 6.42 Å². The van der Waals surface area contributed by atoms with E-state index >= 15 is 0 Å². The SMILES string of the molecule is C1=C2C(Cc3c1c1ccccc1n3-c1ccc3sc4cccc(-c5cccc(-c6cccc(-c7ccccc7)c6)c5)c4c3c1)c1ccccc1N2c1ccccc1. The Bertz CT molecular complexity index is 3220. The summed E-state index contributed by atoms with van der Waals surface area (Å²) >= 11 is 1.89. The molecule has 2 aliphatic rings. The van der Waals surface area contributed by atoms with E-state index < -0.39 is 0 Å². The summed E-state index contributed by atoms with van der Waals surface area (Å²) in [6.07, 6.45) is 3.41. The molecule has 1 atom stereocenters. The van der Waals surface area contributed by atoms with Crippen LogP contribution in [0.5, 0.6) is 0 Å². The molecule has 3 heteroatoms. The number of hydrogen-bond donors (Lipinski definition) is 0. The third kappa shape index (κ3) is 5.09. The monoisotopic (exact) mass is 744 g/mol. The number of aromatic nitrogens is 1. The Hall–Kier alpha value is -6.94. The summed E-state index contributed by atoms with van der Waals surface area (Å²) in [7, 11) is 0. The fourth-order valence-electron chi connectivity index (χ4n) is 9.57. The summed E-state index contributed by atoms with van der Waals surface area (Å²) in [6.45, 7) is 0. The van der Waals surface area contributed by atoms with Crippen LogP contribution in [0.3, 0.4) is 0 Å². The lowest BCUT2D eigenvalue weighted by molar-refractivity contribution is 0.761. The van der Waals surface area contributed by atoms with E-state index in [1.807, 2.05) is 11.3 Å². The molecule has 0 fully saturated rings. The van der Waals surface area contributed by atoms with Crippen LogP contribution in [-0.4, -0.2) is 4.57 Å². The third-order valence-electron chi connectivity index (χ3n) is 12.1. The molecule has 268 valence electrons. The van der Waals surface area contributed by atoms with Gasteiger partial charge >= 0.3 is 0 Å². The van der Waals surface area contributed by atoms with Gasteiger partial charge in [-0.25, -0.2) is 0 Å². The molecule has 0 saturated carbocycles. The van der Waals surface area contributed by atoms with E-state index in [1.165, 1.54) is 104 Å². The number of para-hydroxylation sites is 3. The number of benzene rings is 8. The van der Waals surface area contributed by atoms with Gasteiger partial charge in [-0.15, -0.1) is 11.3 Å². The Morgan fingerprint density at radius 3 is 1.98 bits per heavy atom. The highest BCUT2D eigenvalue weighted by Gasteiger charge is 2.39. The second-order valence-electron chi connectivity index (χ2n) is 15.3. The summed E-state index contributed by atoms with van der Waals surface area (Å²) < 4.78 is 5.17. The Morgan fingerprint density at radius 2 is 1.14 bits per heavy atom. The molecule has 3 heterocycles. The quantitative estimate of drug-likeness (QED) is 0.170. The van der Waals surface area contributed by atoms with Crippen LogP contribution in [0.15, 0.2) is 200 Å². The van der Waals surface area contributed by atoms with Gasteiger partial charge in [0.15, 0.2) is 0 Å². The molecule has 0 spiro atoms. The van der Waals surface area contributed by atoms with Crippen molar-refractivity contribution in [3.05, 3.63) is 217 Å². The van der Waals surface area contributed by atoms with Crippen molar-refractivity contribution in [2.45, 2.75) is 12.3 Å². The molecule has 2 aromatic heterocycles. The highest BCUT2D eigenvalue weighted by molar-refractivity contribution is 7.26. The number of thiophene rings is 1. The average molecular weight is 745 g/mol. The van der Waals surface area contributed by atoms with Gasteiger partial charge in [-0.2, -0.15) is 0 Å². The highest BCUT2D eigenvalue weighted by Crippen LogP contribution is 2.53. The lowest BCUT2D eigenvalue weighted by atomic mass is 9.87. The fraction of sp³-hybridized carbons (Fsp3) is 0.0370. The van der Waals surface area contributed by atoms with Crippen molar-refractivity contribution in [1.82, 2.24) is 4.57 Å². The molecule has 0 saturated heterocycles. The van der Waals surface area contributed by atoms with Crippen molar-refractivity contribution in [2.75, 3.05) is 4.90 Å². The van der Waals surface area contributed by atoms with Crippen molar-refractivity contribution in [3.8, 4) is 39.1 Å². The molecule has 1 aliphatic heterocycles. The number of nitrogens with zero attached hydrogens (tertiary/aromatic N) is 2. The van der Waals surface area contributed by atoms with E-state index in [1.54, 1.807) is 0 Å². The minimum Gasteiger partial charge on any atom is -0.313 e. The van der Waals surface area contributed by atoms with Gasteiger partial charge in [0.2, 0.25) is 0 Å². The lowest BCUT2D eigenvalue weighted by Crippen LogP contribution is -2.18. The van der Waals surface area contributed by atoms with Crippen molar-refractivity contribution in [3.63, 3.8) is 0 Å². The molecule has 2 nitrogen and oxygen atoms in total. The van der Waals surface area contributed by atoms with Gasteiger partial charge < -0.3 is 9.47 Å². The van der Waals surface area contributed by atoms with Gasteiger partial charge in [0.1, 0.15) is 0 Å². The zero-order valence-electron chi connectivity index (χ0n) is 31.1. The van der Waals surface area contributed by atoms with E-state index in [0.29, 0.717) is 0 Å². The van der Waals surface area contributed by atoms with Crippen LogP contribution in [0, 0.1) is 0 Å². The predicted octanol–water partition coefficient (Wildman–Crippen LogP) is 14.8. The standard InChI is InChI=1S/C54H36N2S/c1-3-14-35(15-4-1)36-16-11-17-37(30-36)38-18-12-19-39(31-38)42-24-13-27-53-54(42)47-32-41(28-29-52(47)57-53)56-49-26-10-8-23-44(49)46-33-50-45(34-51(46)56)43-22-7-9-25-48(43)55(50)40-20-5-2-6-21-40/h1-33,45H,34H2. The lowest BCUT2D eigenvalue weighted by Gasteiger charge is -2.27. The fourth-order valence-corrected chi connectivity index (χ4v) is 10.7. The molecule has 1 unspecified atom stereocenters. The maximum absolute atomic E-state index is 2.55. The molecule has 0 radical (unpaired) electrons. The van der Waals surface area contributed by atoms with Crippen molar-refractivity contribution in [2.24, 2.45) is 0 Å². The Kier molecular flexibility index (Phi) is 7.26. The first-order chi connectivity index (χ1) is 28.3. The van der Waals surface area contributed by atoms with E-state index in [2.05, 4.69) is 210 Å². The molecule has 0 bridgehead atoms. The average Bonchev–Trinajstić information content (AvgIpc) is 3.93. The van der Waals surface area contributed by atoms with Crippen LogP contribution in [0.4, 0.5) is 11.4 Å². The molecule has 10 aromatic rings. The van der Waals surface area contributed by atoms with Crippen LogP contribution in [0.1, 0.15) is 22.7 Å². The summed E-state index contributed by atoms with van der Waals surface area (Å²) in [6, 6.07) is 71.3. The second-order valence-corrected chi connectivity index (χ2v) is 16.3. The predicted molar refractivity (Wildman–Crippen MR) is 242 cm³/mol. The normalized spacial score (nSPS) is 14.5. The largest absolute Gasteiger partial charge is 0.313 e. The Labute approximate surface area is 335 Å². The summed E-state index contributed by atoms with van der Waals surface area (Å²) in [5.74, 6) is 0.273. The summed E-state index contributed by atoms with van der Waals surface area (Å²) in [5, 5.41) is 3.93. The first kappa shape index (κ1) is 32.3. The number of anilines is 2. The zero-order chi connectivity index (χ0) is 37.5. The Morgan fingerprint density at radius 1 is 0.474 bits per heavy atom. The third-order valence-corrected chi connectivity index (χ3v) is 13.2. The molecule has 0 N–H and O–H groups in total. The van der Waals surface area contributed by atoms with E-state index in [4.69, 9.17) is 0 Å². The second kappa shape index (κ2) is 12.8. The smallest absolute Gasteiger partial charge is 0.0537 e. The van der Waals surface area contributed by atoms with E-state index in [9.17, 15) is 0 Å². The van der Waals surface area contributed by atoms with Crippen LogP contribution in [0.25, 0.3) is 76.2 Å². The minimum absolute atomic E-state index is 0.273. The van der Waals surface area contributed by atoms with Crippen LogP contribution in [-0.2, 0) is 6.42 Å². The maximum atomic E-state index is 2.55. The van der Waals surface area contributed by atoms with Gasteiger partial charge in [-0.1, -0.05) is 133 Å². The van der Waals surface area contributed by atoms with Gasteiger partial charge in [0.05, 0.1) is 5.52 Å². The van der Waals surface area contributed by atoms with Crippen LogP contribution < -0.4 is 4.90 Å². The first-order valence-electron chi connectivity index (χ1n) is 19.8. The van der Waals surface area contributed by atoms with Gasteiger partial charge in [0, 0.05) is 71.9 Å². The molecule has 1 aliphatic carbocycles. The maximum Gasteiger partial charge on any atom is 0.0537 e. The van der Waals surface area contributed by atoms with Gasteiger partial charge in [-0.3, -0.25) is 0 Å². The van der Waals surface area contributed by atoms with Crippen molar-refractivity contribution in [1.29, 1.82) is 0 Å². The topological polar surface area (TPSA) is 8.17 Å². The molecule has 12 rings (SSSR count). The molecular formula is C54H36N2S. The van der Waals surface area contributed by atoms with Crippen LogP contribution in [0.2, 0.25) is 0 Å². The number of rotatable bonds is 5.